The molecule has 0 N–H and O–H groups in total. The Hall–Kier alpha value is 0.790. The molecule has 0 aromatic heterocycles. The number of hydrogen-bond donors (Lipinski definition) is 0. The maximum atomic E-state index is 3.50. The SMILES string of the molecule is CCN(CC)CCSCCC(C)CCBr. The molecule has 92 valence electrons. The molecule has 0 saturated carbocycles. The molecular formula is C12H26BrNS. The Morgan fingerprint density at radius 3 is 2.33 bits per heavy atom. The molecule has 0 aliphatic carbocycles. The summed E-state index contributed by atoms with van der Waals surface area (Å²) in [4.78, 5) is 2.49. The van der Waals surface area contributed by atoms with Crippen LogP contribution < -0.4 is 0 Å². The first-order valence-corrected chi connectivity index (χ1v) is 8.38. The highest BCUT2D eigenvalue weighted by atomic mass is 79.9. The zero-order chi connectivity index (χ0) is 11.5. The minimum absolute atomic E-state index is 0.880. The lowest BCUT2D eigenvalue weighted by molar-refractivity contribution is 0.324. The van der Waals surface area contributed by atoms with E-state index in [0.717, 1.165) is 11.2 Å². The third kappa shape index (κ3) is 9.70. The van der Waals surface area contributed by atoms with Crippen molar-refractivity contribution in [1.29, 1.82) is 0 Å². The molecule has 0 heterocycles. The second kappa shape index (κ2) is 11.3. The molecule has 0 rings (SSSR count). The van der Waals surface area contributed by atoms with Crippen LogP contribution in [0, 0.1) is 5.92 Å². The van der Waals surface area contributed by atoms with Gasteiger partial charge in [0.2, 0.25) is 0 Å². The number of alkyl halides is 1. The van der Waals surface area contributed by atoms with Crippen molar-refractivity contribution in [3.63, 3.8) is 0 Å². The molecule has 0 aromatic carbocycles. The van der Waals surface area contributed by atoms with E-state index in [1.807, 2.05) is 0 Å². The Balaban J connectivity index is 3.23. The van der Waals surface area contributed by atoms with Crippen LogP contribution in [0.1, 0.15) is 33.6 Å². The van der Waals surface area contributed by atoms with Gasteiger partial charge in [0.15, 0.2) is 0 Å². The summed E-state index contributed by atoms with van der Waals surface area (Å²) in [5.41, 5.74) is 0. The Morgan fingerprint density at radius 1 is 1.13 bits per heavy atom. The van der Waals surface area contributed by atoms with Crippen molar-refractivity contribution >= 4 is 27.7 Å². The van der Waals surface area contributed by atoms with Gasteiger partial charge in [0, 0.05) is 17.6 Å². The van der Waals surface area contributed by atoms with Gasteiger partial charge in [0.1, 0.15) is 0 Å². The zero-order valence-corrected chi connectivity index (χ0v) is 12.9. The number of thioether (sulfide) groups is 1. The standard InChI is InChI=1S/C12H26BrNS/c1-4-14(5-2)9-11-15-10-7-12(3)6-8-13/h12H,4-11H2,1-3H3. The Morgan fingerprint density at radius 2 is 1.80 bits per heavy atom. The van der Waals surface area contributed by atoms with Crippen LogP contribution in [0.4, 0.5) is 0 Å². The molecule has 1 atom stereocenters. The normalized spacial score (nSPS) is 13.4. The van der Waals surface area contributed by atoms with Crippen molar-refractivity contribution in [2.45, 2.75) is 33.6 Å². The van der Waals surface area contributed by atoms with Crippen LogP contribution in [0.2, 0.25) is 0 Å². The monoisotopic (exact) mass is 295 g/mol. The molecule has 0 amide bonds. The van der Waals surface area contributed by atoms with Gasteiger partial charge in [-0.25, -0.2) is 0 Å². The first-order valence-electron chi connectivity index (χ1n) is 6.10. The number of rotatable bonds is 10. The van der Waals surface area contributed by atoms with Crippen molar-refractivity contribution in [2.75, 3.05) is 36.5 Å². The lowest BCUT2D eigenvalue weighted by Gasteiger charge is -2.17. The van der Waals surface area contributed by atoms with Crippen LogP contribution in [0.25, 0.3) is 0 Å². The summed E-state index contributed by atoms with van der Waals surface area (Å²) in [5, 5.41) is 1.15. The van der Waals surface area contributed by atoms with Crippen molar-refractivity contribution < 1.29 is 0 Å². The number of hydrogen-bond acceptors (Lipinski definition) is 2. The fraction of sp³-hybridized carbons (Fsp3) is 1.00. The van der Waals surface area contributed by atoms with Crippen LogP contribution in [-0.4, -0.2) is 41.4 Å². The van der Waals surface area contributed by atoms with Crippen LogP contribution >= 0.6 is 27.7 Å². The Labute approximate surface area is 109 Å². The third-order valence-corrected chi connectivity index (χ3v) is 4.26. The Kier molecular flexibility index (Phi) is 11.9. The highest BCUT2D eigenvalue weighted by Crippen LogP contribution is 2.13. The van der Waals surface area contributed by atoms with Gasteiger partial charge in [-0.05, 0) is 37.6 Å². The van der Waals surface area contributed by atoms with E-state index < -0.39 is 0 Å². The maximum absolute atomic E-state index is 3.50. The third-order valence-electron chi connectivity index (χ3n) is 2.80. The molecule has 1 unspecified atom stereocenters. The molecule has 0 radical (unpaired) electrons. The van der Waals surface area contributed by atoms with Gasteiger partial charge < -0.3 is 4.90 Å². The molecule has 0 aliphatic heterocycles. The average molecular weight is 296 g/mol. The van der Waals surface area contributed by atoms with E-state index in [-0.39, 0.29) is 0 Å². The summed E-state index contributed by atoms with van der Waals surface area (Å²) in [5.74, 6) is 3.50. The largest absolute Gasteiger partial charge is 0.303 e. The summed E-state index contributed by atoms with van der Waals surface area (Å²) >= 11 is 5.61. The second-order valence-corrected chi connectivity index (χ2v) is 6.03. The predicted molar refractivity (Wildman–Crippen MR) is 77.3 cm³/mol. The summed E-state index contributed by atoms with van der Waals surface area (Å²) in [6, 6.07) is 0. The fourth-order valence-corrected chi connectivity index (χ4v) is 3.39. The van der Waals surface area contributed by atoms with Gasteiger partial charge in [-0.3, -0.25) is 0 Å². The summed E-state index contributed by atoms with van der Waals surface area (Å²) in [7, 11) is 0. The molecule has 15 heavy (non-hydrogen) atoms. The van der Waals surface area contributed by atoms with Gasteiger partial charge in [0.25, 0.3) is 0 Å². The topological polar surface area (TPSA) is 3.24 Å². The molecule has 0 fully saturated rings. The number of halogens is 1. The molecular weight excluding hydrogens is 270 g/mol. The van der Waals surface area contributed by atoms with E-state index in [9.17, 15) is 0 Å². The van der Waals surface area contributed by atoms with Gasteiger partial charge >= 0.3 is 0 Å². The molecule has 1 nitrogen and oxygen atoms in total. The van der Waals surface area contributed by atoms with Gasteiger partial charge in [0.05, 0.1) is 0 Å². The predicted octanol–water partition coefficient (Wildman–Crippen LogP) is 3.87. The summed E-state index contributed by atoms with van der Waals surface area (Å²) < 4.78 is 0. The average Bonchev–Trinajstić information content (AvgIpc) is 2.24. The highest BCUT2D eigenvalue weighted by molar-refractivity contribution is 9.09. The van der Waals surface area contributed by atoms with Gasteiger partial charge in [-0.15, -0.1) is 0 Å². The summed E-state index contributed by atoms with van der Waals surface area (Å²) in [6.07, 6.45) is 2.69. The van der Waals surface area contributed by atoms with Crippen LogP contribution in [-0.2, 0) is 0 Å². The smallest absolute Gasteiger partial charge is 0.00721 e. The minimum atomic E-state index is 0.880. The van der Waals surface area contributed by atoms with Crippen molar-refractivity contribution in [2.24, 2.45) is 5.92 Å². The van der Waals surface area contributed by atoms with Crippen LogP contribution in [0.15, 0.2) is 0 Å². The number of nitrogens with zero attached hydrogens (tertiary/aromatic N) is 1. The van der Waals surface area contributed by atoms with Crippen molar-refractivity contribution in [3.8, 4) is 0 Å². The molecule has 0 aliphatic rings. The van der Waals surface area contributed by atoms with E-state index in [4.69, 9.17) is 0 Å². The first-order chi connectivity index (χ1) is 7.24. The zero-order valence-electron chi connectivity index (χ0n) is 10.5. The van der Waals surface area contributed by atoms with E-state index in [1.54, 1.807) is 0 Å². The molecule has 0 aromatic rings. The van der Waals surface area contributed by atoms with E-state index in [2.05, 4.69) is 53.4 Å². The van der Waals surface area contributed by atoms with Crippen molar-refractivity contribution in [1.82, 2.24) is 4.90 Å². The molecule has 0 saturated heterocycles. The lowest BCUT2D eigenvalue weighted by Crippen LogP contribution is -2.25. The first kappa shape index (κ1) is 15.8. The fourth-order valence-electron chi connectivity index (χ4n) is 1.45. The second-order valence-electron chi connectivity index (χ2n) is 4.01. The van der Waals surface area contributed by atoms with Crippen LogP contribution in [0.5, 0.6) is 0 Å². The van der Waals surface area contributed by atoms with Gasteiger partial charge in [-0.2, -0.15) is 11.8 Å². The molecule has 0 bridgehead atoms. The minimum Gasteiger partial charge on any atom is -0.303 e. The van der Waals surface area contributed by atoms with Crippen molar-refractivity contribution in [3.05, 3.63) is 0 Å². The maximum Gasteiger partial charge on any atom is 0.00721 e. The Bertz CT molecular complexity index is 129. The lowest BCUT2D eigenvalue weighted by atomic mass is 10.1. The van der Waals surface area contributed by atoms with E-state index in [1.165, 1.54) is 44.0 Å². The summed E-state index contributed by atoms with van der Waals surface area (Å²) in [6.45, 7) is 10.5. The highest BCUT2D eigenvalue weighted by Gasteiger charge is 2.02. The van der Waals surface area contributed by atoms with E-state index >= 15 is 0 Å². The molecule has 0 spiro atoms. The molecule has 3 heteroatoms. The van der Waals surface area contributed by atoms with Gasteiger partial charge in [-0.1, -0.05) is 36.7 Å². The van der Waals surface area contributed by atoms with Crippen LogP contribution in [0.3, 0.4) is 0 Å². The van der Waals surface area contributed by atoms with E-state index in [0.29, 0.717) is 0 Å². The quantitative estimate of drug-likeness (QED) is 0.445.